The van der Waals surface area contributed by atoms with Crippen LogP contribution in [-0.2, 0) is 14.2 Å². The molecule has 0 amide bonds. The first kappa shape index (κ1) is 15.8. The fourth-order valence-electron chi connectivity index (χ4n) is 1.14. The lowest BCUT2D eigenvalue weighted by Crippen LogP contribution is -2.24. The Kier molecular flexibility index (Phi) is 12.8. The Morgan fingerprint density at radius 2 is 1.62 bits per heavy atom. The molecule has 4 nitrogen and oxygen atoms in total. The van der Waals surface area contributed by atoms with Crippen molar-refractivity contribution in [2.75, 3.05) is 53.2 Å². The molecular weight excluding hydrogens is 206 g/mol. The zero-order valence-electron chi connectivity index (χ0n) is 11.0. The minimum atomic E-state index is 0.667. The minimum absolute atomic E-state index is 0.667. The van der Waals surface area contributed by atoms with E-state index >= 15 is 0 Å². The first-order valence-corrected chi connectivity index (χ1v) is 6.12. The van der Waals surface area contributed by atoms with Crippen molar-refractivity contribution in [2.24, 2.45) is 5.92 Å². The van der Waals surface area contributed by atoms with Crippen molar-refractivity contribution in [3.63, 3.8) is 0 Å². The summed E-state index contributed by atoms with van der Waals surface area (Å²) >= 11 is 0. The molecule has 0 aromatic heterocycles. The number of hydrogen-bond donors (Lipinski definition) is 1. The summed E-state index contributed by atoms with van der Waals surface area (Å²) < 4.78 is 15.6. The van der Waals surface area contributed by atoms with Crippen LogP contribution in [0.4, 0.5) is 0 Å². The van der Waals surface area contributed by atoms with Gasteiger partial charge >= 0.3 is 0 Å². The Labute approximate surface area is 99.6 Å². The second-order valence-electron chi connectivity index (χ2n) is 4.17. The summed E-state index contributed by atoms with van der Waals surface area (Å²) in [6, 6.07) is 0. The highest BCUT2D eigenvalue weighted by atomic mass is 16.5. The number of rotatable bonds is 12. The van der Waals surface area contributed by atoms with Gasteiger partial charge in [0.25, 0.3) is 0 Å². The third-order valence-corrected chi connectivity index (χ3v) is 1.98. The van der Waals surface area contributed by atoms with E-state index in [2.05, 4.69) is 19.2 Å². The molecule has 0 atom stereocenters. The van der Waals surface area contributed by atoms with Gasteiger partial charge in [0.2, 0.25) is 0 Å². The molecule has 0 radical (unpaired) electrons. The first-order chi connectivity index (χ1) is 7.77. The zero-order chi connectivity index (χ0) is 12.1. The summed E-state index contributed by atoms with van der Waals surface area (Å²) in [5, 5.41) is 3.33. The fraction of sp³-hybridized carbons (Fsp3) is 1.00. The van der Waals surface area contributed by atoms with Gasteiger partial charge in [-0.25, -0.2) is 0 Å². The molecule has 0 spiro atoms. The monoisotopic (exact) mass is 233 g/mol. The largest absolute Gasteiger partial charge is 0.382 e. The molecule has 0 fully saturated rings. The summed E-state index contributed by atoms with van der Waals surface area (Å²) in [4.78, 5) is 0. The highest BCUT2D eigenvalue weighted by molar-refractivity contribution is 4.49. The lowest BCUT2D eigenvalue weighted by atomic mass is 10.2. The molecule has 0 unspecified atom stereocenters. The Hall–Kier alpha value is -0.160. The standard InChI is InChI=1S/C12H27NO3/c1-12(2)11-13-5-8-15-6-4-7-16-10-9-14-3/h12-13H,4-11H2,1-3H3. The predicted octanol–water partition coefficient (Wildman–Crippen LogP) is 1.30. The molecule has 0 heterocycles. The van der Waals surface area contributed by atoms with Gasteiger partial charge in [-0.3, -0.25) is 0 Å². The maximum absolute atomic E-state index is 5.45. The summed E-state index contributed by atoms with van der Waals surface area (Å²) in [5.41, 5.74) is 0. The van der Waals surface area contributed by atoms with E-state index in [1.54, 1.807) is 7.11 Å². The van der Waals surface area contributed by atoms with E-state index in [1.165, 1.54) is 0 Å². The van der Waals surface area contributed by atoms with Crippen molar-refractivity contribution < 1.29 is 14.2 Å². The van der Waals surface area contributed by atoms with Crippen LogP contribution >= 0.6 is 0 Å². The van der Waals surface area contributed by atoms with Crippen LogP contribution in [0, 0.1) is 5.92 Å². The Morgan fingerprint density at radius 3 is 2.25 bits per heavy atom. The first-order valence-electron chi connectivity index (χ1n) is 6.12. The maximum Gasteiger partial charge on any atom is 0.0700 e. The van der Waals surface area contributed by atoms with Crippen LogP contribution in [0.25, 0.3) is 0 Å². The normalized spacial score (nSPS) is 11.2. The summed E-state index contributed by atoms with van der Waals surface area (Å²) in [5.74, 6) is 0.703. The van der Waals surface area contributed by atoms with Crippen LogP contribution in [0.1, 0.15) is 20.3 Å². The van der Waals surface area contributed by atoms with Crippen LogP contribution < -0.4 is 5.32 Å². The molecule has 0 bridgehead atoms. The lowest BCUT2D eigenvalue weighted by molar-refractivity contribution is 0.0518. The molecule has 0 aromatic carbocycles. The molecule has 0 aliphatic carbocycles. The molecule has 0 rings (SSSR count). The van der Waals surface area contributed by atoms with Gasteiger partial charge in [-0.05, 0) is 18.9 Å². The third kappa shape index (κ3) is 13.8. The highest BCUT2D eigenvalue weighted by Crippen LogP contribution is 1.87. The summed E-state index contributed by atoms with van der Waals surface area (Å²) in [6.45, 7) is 10.0. The van der Waals surface area contributed by atoms with Crippen LogP contribution in [0.15, 0.2) is 0 Å². The van der Waals surface area contributed by atoms with Gasteiger partial charge in [-0.15, -0.1) is 0 Å². The number of hydrogen-bond acceptors (Lipinski definition) is 4. The van der Waals surface area contributed by atoms with E-state index in [4.69, 9.17) is 14.2 Å². The van der Waals surface area contributed by atoms with Gasteiger partial charge in [-0.2, -0.15) is 0 Å². The number of ether oxygens (including phenoxy) is 3. The SMILES string of the molecule is COCCOCCCOCCNCC(C)C. The minimum Gasteiger partial charge on any atom is -0.382 e. The quantitative estimate of drug-likeness (QED) is 0.516. The van der Waals surface area contributed by atoms with E-state index in [1.807, 2.05) is 0 Å². The van der Waals surface area contributed by atoms with Gasteiger partial charge in [0, 0.05) is 26.9 Å². The van der Waals surface area contributed by atoms with Crippen LogP contribution in [0.2, 0.25) is 0 Å². The molecule has 1 N–H and O–H groups in total. The van der Waals surface area contributed by atoms with Crippen molar-refractivity contribution in [2.45, 2.75) is 20.3 Å². The highest BCUT2D eigenvalue weighted by Gasteiger charge is 1.93. The molecule has 0 aromatic rings. The molecule has 0 saturated carbocycles. The predicted molar refractivity (Wildman–Crippen MR) is 65.8 cm³/mol. The molecule has 0 aliphatic rings. The van der Waals surface area contributed by atoms with Crippen molar-refractivity contribution in [1.29, 1.82) is 0 Å². The molecular formula is C12H27NO3. The van der Waals surface area contributed by atoms with E-state index in [0.29, 0.717) is 19.1 Å². The zero-order valence-corrected chi connectivity index (χ0v) is 11.0. The van der Waals surface area contributed by atoms with Gasteiger partial charge in [0.05, 0.1) is 19.8 Å². The Bertz CT molecular complexity index is 131. The van der Waals surface area contributed by atoms with Crippen molar-refractivity contribution in [1.82, 2.24) is 5.32 Å². The topological polar surface area (TPSA) is 39.7 Å². The maximum atomic E-state index is 5.45. The van der Waals surface area contributed by atoms with E-state index in [0.717, 1.165) is 39.3 Å². The fourth-order valence-corrected chi connectivity index (χ4v) is 1.14. The molecule has 4 heteroatoms. The van der Waals surface area contributed by atoms with Crippen molar-refractivity contribution in [3.05, 3.63) is 0 Å². The molecule has 98 valence electrons. The van der Waals surface area contributed by atoms with E-state index in [9.17, 15) is 0 Å². The second kappa shape index (κ2) is 12.9. The van der Waals surface area contributed by atoms with Crippen molar-refractivity contribution in [3.8, 4) is 0 Å². The molecule has 16 heavy (non-hydrogen) atoms. The average Bonchev–Trinajstić information content (AvgIpc) is 2.25. The van der Waals surface area contributed by atoms with Gasteiger partial charge < -0.3 is 19.5 Å². The van der Waals surface area contributed by atoms with E-state index in [-0.39, 0.29) is 0 Å². The van der Waals surface area contributed by atoms with Gasteiger partial charge in [-0.1, -0.05) is 13.8 Å². The number of methoxy groups -OCH3 is 1. The Balaban J connectivity index is 2.88. The third-order valence-electron chi connectivity index (χ3n) is 1.98. The van der Waals surface area contributed by atoms with Gasteiger partial charge in [0.15, 0.2) is 0 Å². The van der Waals surface area contributed by atoms with Crippen LogP contribution in [-0.4, -0.2) is 53.2 Å². The van der Waals surface area contributed by atoms with E-state index < -0.39 is 0 Å². The lowest BCUT2D eigenvalue weighted by Gasteiger charge is -2.08. The average molecular weight is 233 g/mol. The van der Waals surface area contributed by atoms with Crippen LogP contribution in [0.3, 0.4) is 0 Å². The summed E-state index contributed by atoms with van der Waals surface area (Å²) in [7, 11) is 1.68. The summed E-state index contributed by atoms with van der Waals surface area (Å²) in [6.07, 6.45) is 0.952. The smallest absolute Gasteiger partial charge is 0.0700 e. The molecule has 0 saturated heterocycles. The Morgan fingerprint density at radius 1 is 0.938 bits per heavy atom. The van der Waals surface area contributed by atoms with Gasteiger partial charge in [0.1, 0.15) is 0 Å². The second-order valence-corrected chi connectivity index (χ2v) is 4.17. The van der Waals surface area contributed by atoms with Crippen LogP contribution in [0.5, 0.6) is 0 Å². The number of nitrogens with one attached hydrogen (secondary N) is 1. The van der Waals surface area contributed by atoms with Crippen molar-refractivity contribution >= 4 is 0 Å². The molecule has 0 aliphatic heterocycles.